The smallest absolute Gasteiger partial charge is 0.0177 e. The standard InChI is InChI=1S/C14H25N/c1-2-3-4-7-13-9-11-15-10-6-5-8-14(15)12-13/h8,13H,2-7,9-12H2,1H3. The van der Waals surface area contributed by atoms with Crippen molar-refractivity contribution in [3.63, 3.8) is 0 Å². The van der Waals surface area contributed by atoms with Crippen molar-refractivity contribution >= 4 is 0 Å². The number of fused-ring (bicyclic) bond motifs is 1. The molecule has 0 bridgehead atoms. The molecule has 1 fully saturated rings. The molecule has 1 nitrogen and oxygen atoms in total. The molecule has 0 amide bonds. The molecule has 15 heavy (non-hydrogen) atoms. The number of hydrogen-bond acceptors (Lipinski definition) is 1. The Morgan fingerprint density at radius 3 is 3.13 bits per heavy atom. The third-order valence-electron chi connectivity index (χ3n) is 3.94. The summed E-state index contributed by atoms with van der Waals surface area (Å²) < 4.78 is 0. The van der Waals surface area contributed by atoms with Crippen LogP contribution < -0.4 is 0 Å². The molecule has 2 aliphatic heterocycles. The van der Waals surface area contributed by atoms with Gasteiger partial charge in [0.1, 0.15) is 0 Å². The second-order valence-electron chi connectivity index (χ2n) is 5.18. The van der Waals surface area contributed by atoms with Crippen LogP contribution in [0.5, 0.6) is 0 Å². The fourth-order valence-corrected chi connectivity index (χ4v) is 2.96. The SMILES string of the molecule is CCCCCC1CCN2CCCC=C2C1. The number of unbranched alkanes of at least 4 members (excludes halogenated alkanes) is 2. The van der Waals surface area contributed by atoms with Gasteiger partial charge < -0.3 is 4.90 Å². The molecule has 1 saturated heterocycles. The van der Waals surface area contributed by atoms with E-state index in [4.69, 9.17) is 0 Å². The first kappa shape index (κ1) is 11.0. The predicted octanol–water partition coefficient (Wildman–Crippen LogP) is 3.96. The summed E-state index contributed by atoms with van der Waals surface area (Å²) in [6.45, 7) is 4.96. The average molecular weight is 207 g/mol. The third-order valence-corrected chi connectivity index (χ3v) is 3.94. The summed E-state index contributed by atoms with van der Waals surface area (Å²) in [5, 5.41) is 0. The molecule has 1 heteroatoms. The first-order chi connectivity index (χ1) is 7.40. The highest BCUT2D eigenvalue weighted by atomic mass is 15.1. The molecule has 2 aliphatic rings. The van der Waals surface area contributed by atoms with Crippen LogP contribution in [0, 0.1) is 5.92 Å². The van der Waals surface area contributed by atoms with Gasteiger partial charge in [0.2, 0.25) is 0 Å². The van der Waals surface area contributed by atoms with Crippen LogP contribution in [0.4, 0.5) is 0 Å². The van der Waals surface area contributed by atoms with Crippen LogP contribution in [0.3, 0.4) is 0 Å². The highest BCUT2D eigenvalue weighted by Crippen LogP contribution is 2.31. The van der Waals surface area contributed by atoms with Gasteiger partial charge in [0, 0.05) is 18.8 Å². The molecule has 0 N–H and O–H groups in total. The third kappa shape index (κ3) is 2.99. The van der Waals surface area contributed by atoms with Gasteiger partial charge in [0.05, 0.1) is 0 Å². The minimum atomic E-state index is 0.997. The van der Waals surface area contributed by atoms with Crippen molar-refractivity contribution in [2.75, 3.05) is 13.1 Å². The molecule has 86 valence electrons. The van der Waals surface area contributed by atoms with Gasteiger partial charge in [-0.05, 0) is 31.6 Å². The normalized spacial score (nSPS) is 26.1. The molecule has 0 aliphatic carbocycles. The quantitative estimate of drug-likeness (QED) is 0.631. The van der Waals surface area contributed by atoms with E-state index in [0.29, 0.717) is 0 Å². The van der Waals surface area contributed by atoms with Crippen LogP contribution in [-0.2, 0) is 0 Å². The molecule has 0 spiro atoms. The van der Waals surface area contributed by atoms with Crippen molar-refractivity contribution in [2.24, 2.45) is 5.92 Å². The monoisotopic (exact) mass is 207 g/mol. The summed E-state index contributed by atoms with van der Waals surface area (Å²) in [5.74, 6) is 0.997. The van der Waals surface area contributed by atoms with E-state index in [-0.39, 0.29) is 0 Å². The van der Waals surface area contributed by atoms with Gasteiger partial charge >= 0.3 is 0 Å². The van der Waals surface area contributed by atoms with Crippen molar-refractivity contribution in [3.05, 3.63) is 11.8 Å². The summed E-state index contributed by atoms with van der Waals surface area (Å²) in [4.78, 5) is 2.62. The van der Waals surface area contributed by atoms with E-state index in [1.807, 2.05) is 0 Å². The fraction of sp³-hybridized carbons (Fsp3) is 0.857. The zero-order valence-electron chi connectivity index (χ0n) is 10.2. The average Bonchev–Trinajstić information content (AvgIpc) is 2.29. The fourth-order valence-electron chi connectivity index (χ4n) is 2.96. The van der Waals surface area contributed by atoms with Gasteiger partial charge in [-0.25, -0.2) is 0 Å². The van der Waals surface area contributed by atoms with Gasteiger partial charge in [-0.15, -0.1) is 0 Å². The molecule has 1 unspecified atom stereocenters. The lowest BCUT2D eigenvalue weighted by atomic mass is 9.88. The van der Waals surface area contributed by atoms with E-state index in [2.05, 4.69) is 17.9 Å². The molecule has 0 radical (unpaired) electrons. The van der Waals surface area contributed by atoms with Crippen LogP contribution in [0.25, 0.3) is 0 Å². The molecule has 0 aromatic rings. The maximum absolute atomic E-state index is 2.62. The van der Waals surface area contributed by atoms with Crippen LogP contribution in [-0.4, -0.2) is 18.0 Å². The van der Waals surface area contributed by atoms with E-state index < -0.39 is 0 Å². The lowest BCUT2D eigenvalue weighted by Crippen LogP contribution is -2.34. The summed E-state index contributed by atoms with van der Waals surface area (Å²) in [6, 6.07) is 0. The van der Waals surface area contributed by atoms with Crippen LogP contribution in [0.2, 0.25) is 0 Å². The van der Waals surface area contributed by atoms with Crippen LogP contribution in [0.15, 0.2) is 11.8 Å². The zero-order chi connectivity index (χ0) is 10.5. The summed E-state index contributed by atoms with van der Waals surface area (Å²) >= 11 is 0. The minimum absolute atomic E-state index is 0.997. The second kappa shape index (κ2) is 5.58. The van der Waals surface area contributed by atoms with Crippen LogP contribution in [0.1, 0.15) is 58.3 Å². The number of allylic oxidation sites excluding steroid dienone is 2. The number of piperidine rings is 1. The first-order valence-corrected chi connectivity index (χ1v) is 6.84. The molecular weight excluding hydrogens is 182 g/mol. The minimum Gasteiger partial charge on any atom is -0.375 e. The molecule has 0 saturated carbocycles. The van der Waals surface area contributed by atoms with E-state index in [9.17, 15) is 0 Å². The number of hydrogen-bond donors (Lipinski definition) is 0. The molecule has 2 rings (SSSR count). The summed E-state index contributed by atoms with van der Waals surface area (Å²) in [5.41, 5.74) is 1.67. The zero-order valence-corrected chi connectivity index (χ0v) is 10.2. The van der Waals surface area contributed by atoms with Gasteiger partial charge in [-0.2, -0.15) is 0 Å². The van der Waals surface area contributed by atoms with E-state index >= 15 is 0 Å². The molecule has 2 heterocycles. The Morgan fingerprint density at radius 1 is 1.33 bits per heavy atom. The maximum Gasteiger partial charge on any atom is 0.0177 e. The van der Waals surface area contributed by atoms with E-state index in [1.165, 1.54) is 64.5 Å². The maximum atomic E-state index is 2.62. The first-order valence-electron chi connectivity index (χ1n) is 6.84. The van der Waals surface area contributed by atoms with Crippen molar-refractivity contribution in [3.8, 4) is 0 Å². The lowest BCUT2D eigenvalue weighted by molar-refractivity contribution is 0.219. The Kier molecular flexibility index (Phi) is 4.10. The molecule has 0 aromatic heterocycles. The Labute approximate surface area is 94.5 Å². The van der Waals surface area contributed by atoms with Crippen molar-refractivity contribution in [2.45, 2.75) is 58.3 Å². The summed E-state index contributed by atoms with van der Waals surface area (Å²) in [7, 11) is 0. The van der Waals surface area contributed by atoms with Gasteiger partial charge in [-0.3, -0.25) is 0 Å². The predicted molar refractivity (Wildman–Crippen MR) is 65.8 cm³/mol. The van der Waals surface area contributed by atoms with Gasteiger partial charge in [0.15, 0.2) is 0 Å². The largest absolute Gasteiger partial charge is 0.375 e. The van der Waals surface area contributed by atoms with Crippen molar-refractivity contribution in [1.29, 1.82) is 0 Å². The Balaban J connectivity index is 1.78. The Morgan fingerprint density at radius 2 is 2.27 bits per heavy atom. The molecular formula is C14H25N. The van der Waals surface area contributed by atoms with Crippen LogP contribution >= 0.6 is 0 Å². The topological polar surface area (TPSA) is 3.24 Å². The summed E-state index contributed by atoms with van der Waals surface area (Å²) in [6.07, 6.45) is 13.7. The van der Waals surface area contributed by atoms with E-state index in [1.54, 1.807) is 5.70 Å². The number of rotatable bonds is 4. The van der Waals surface area contributed by atoms with Gasteiger partial charge in [-0.1, -0.05) is 38.7 Å². The van der Waals surface area contributed by atoms with Crippen molar-refractivity contribution < 1.29 is 0 Å². The molecule has 0 aromatic carbocycles. The lowest BCUT2D eigenvalue weighted by Gasteiger charge is -2.38. The Hall–Kier alpha value is -0.460. The number of nitrogens with zero attached hydrogens (tertiary/aromatic N) is 1. The van der Waals surface area contributed by atoms with Crippen molar-refractivity contribution in [1.82, 2.24) is 4.90 Å². The Bertz CT molecular complexity index is 219. The second-order valence-corrected chi connectivity index (χ2v) is 5.18. The molecule has 1 atom stereocenters. The van der Waals surface area contributed by atoms with E-state index in [0.717, 1.165) is 5.92 Å². The van der Waals surface area contributed by atoms with Gasteiger partial charge in [0.25, 0.3) is 0 Å². The highest BCUT2D eigenvalue weighted by Gasteiger charge is 2.23. The highest BCUT2D eigenvalue weighted by molar-refractivity contribution is 5.08.